The van der Waals surface area contributed by atoms with Crippen molar-refractivity contribution in [2.24, 2.45) is 0 Å². The Kier molecular flexibility index (Phi) is 18.0. The van der Waals surface area contributed by atoms with E-state index in [2.05, 4.69) is 490 Å². The number of benzene rings is 16. The molecule has 0 fully saturated rings. The third-order valence-corrected chi connectivity index (χ3v) is 28.4. The molecule has 0 radical (unpaired) electrons. The van der Waals surface area contributed by atoms with Crippen LogP contribution in [0.2, 0.25) is 0 Å². The number of allylic oxidation sites excluding steroid dienone is 1. The molecule has 3 aliphatic rings. The minimum absolute atomic E-state index is 0.0874. The largest absolute Gasteiger partial charge is 0.335 e. The predicted molar refractivity (Wildman–Crippen MR) is 552 cm³/mol. The molecule has 20 aromatic rings. The molecule has 4 aromatic heterocycles. The summed E-state index contributed by atoms with van der Waals surface area (Å²) in [6.45, 7) is 35.1. The lowest BCUT2D eigenvalue weighted by Crippen LogP contribution is -2.61. The van der Waals surface area contributed by atoms with Crippen LogP contribution >= 0.6 is 0 Å². The molecule has 1 unspecified atom stereocenters. The molecule has 2 aliphatic heterocycles. The van der Waals surface area contributed by atoms with Crippen LogP contribution in [0.5, 0.6) is 0 Å². The molecular weight excluding hydrogens is 1560 g/mol. The summed E-state index contributed by atoms with van der Waals surface area (Å²) in [5.74, 6) is 0. The zero-order chi connectivity index (χ0) is 88.2. The standard InChI is InChI=1S/C122H107BN6/c1-118(2,3)82-48-57-107-97(65-82)98-66-83(119(4,5)6)49-58-108(98)126(107)89-53-56-103-113(73-89)129(117-95(78-38-24-18-25-39-78)69-86(122(13,14)15)70-96(117)79-40-26-19-27-41-79)115-75-91(127-109-59-50-84(120(7,8)9)67-99(109)100-68-85(121(10,11)12)51-60-110(100)127)74-114-116(115)123(103)102-55-52-88(72-112(102)128(114)90-63-80(76-34-20-16-21-35-76)62-81(64-90)77-36-22-17-23-37-77)125-106-47-33-30-44-94(106)101-71-87(54-61-111(101)125)124-104-45-31-28-42-92(104)93-43-29-32-46-105(93)124/h16-73,75,114H,74H2,1-15H3. The van der Waals surface area contributed by atoms with Gasteiger partial charge in [-0.3, -0.25) is 0 Å². The second-order valence-corrected chi connectivity index (χ2v) is 41.7. The summed E-state index contributed by atoms with van der Waals surface area (Å²) in [5, 5.41) is 9.92. The van der Waals surface area contributed by atoms with Gasteiger partial charge in [-0.25, -0.2) is 0 Å². The summed E-state index contributed by atoms with van der Waals surface area (Å²) < 4.78 is 10.3. The summed E-state index contributed by atoms with van der Waals surface area (Å²) in [6.07, 6.45) is 3.33. The lowest BCUT2D eigenvalue weighted by atomic mass is 9.31. The number of hydrogen-bond acceptors (Lipinski definition) is 2. The lowest BCUT2D eigenvalue weighted by Gasteiger charge is -2.51. The number of fused-ring (bicyclic) bond motifs is 16. The highest BCUT2D eigenvalue weighted by molar-refractivity contribution is 6.94. The van der Waals surface area contributed by atoms with E-state index in [-0.39, 0.29) is 39.8 Å². The average Bonchev–Trinajstić information content (AvgIpc) is 1.46. The van der Waals surface area contributed by atoms with E-state index < -0.39 is 0 Å². The Labute approximate surface area is 758 Å². The highest BCUT2D eigenvalue weighted by atomic mass is 15.2. The van der Waals surface area contributed by atoms with Gasteiger partial charge in [-0.05, 0) is 250 Å². The maximum Gasteiger partial charge on any atom is 0.247 e. The van der Waals surface area contributed by atoms with Crippen LogP contribution in [0.1, 0.15) is 138 Å². The van der Waals surface area contributed by atoms with E-state index in [0.29, 0.717) is 6.42 Å². The molecule has 0 saturated carbocycles. The van der Waals surface area contributed by atoms with Crippen molar-refractivity contribution in [1.82, 2.24) is 18.3 Å². The first-order valence-electron chi connectivity index (χ1n) is 46.2. The van der Waals surface area contributed by atoms with E-state index in [1.165, 1.54) is 137 Å². The highest BCUT2D eigenvalue weighted by Gasteiger charge is 2.51. The Hall–Kier alpha value is -14.1. The maximum absolute atomic E-state index is 2.83. The Balaban J connectivity index is 0.881. The lowest BCUT2D eigenvalue weighted by molar-refractivity contribution is 0.590. The molecule has 0 spiro atoms. The van der Waals surface area contributed by atoms with Crippen molar-refractivity contribution in [3.05, 3.63) is 397 Å². The number of para-hydroxylation sites is 3. The van der Waals surface area contributed by atoms with Crippen LogP contribution in [0, 0.1) is 0 Å². The summed E-state index contributed by atoms with van der Waals surface area (Å²) >= 11 is 0. The van der Waals surface area contributed by atoms with Gasteiger partial charge >= 0.3 is 0 Å². The van der Waals surface area contributed by atoms with Gasteiger partial charge in [0.15, 0.2) is 0 Å². The zero-order valence-corrected chi connectivity index (χ0v) is 76.6. The minimum Gasteiger partial charge on any atom is -0.335 e. The van der Waals surface area contributed by atoms with Gasteiger partial charge in [0.25, 0.3) is 0 Å². The van der Waals surface area contributed by atoms with Crippen LogP contribution in [0.25, 0.3) is 154 Å². The normalized spacial score (nSPS) is 14.5. The highest BCUT2D eigenvalue weighted by Crippen LogP contribution is 2.56. The molecule has 0 amide bonds. The van der Waals surface area contributed by atoms with Gasteiger partial charge in [0, 0.05) is 106 Å². The Morgan fingerprint density at radius 2 is 0.574 bits per heavy atom. The molecule has 16 aromatic carbocycles. The first-order valence-corrected chi connectivity index (χ1v) is 46.2. The number of anilines is 4. The Morgan fingerprint density at radius 1 is 0.248 bits per heavy atom. The summed E-state index contributed by atoms with van der Waals surface area (Å²) in [6, 6.07) is 136. The van der Waals surface area contributed by atoms with Crippen LogP contribution in [0.3, 0.4) is 0 Å². The number of nitrogens with zero attached hydrogens (tertiary/aromatic N) is 6. The molecule has 6 heterocycles. The Bertz CT molecular complexity index is 7770. The number of rotatable bonds is 10. The van der Waals surface area contributed by atoms with Gasteiger partial charge in [-0.1, -0.05) is 316 Å². The van der Waals surface area contributed by atoms with Crippen molar-refractivity contribution in [2.75, 3.05) is 9.80 Å². The maximum atomic E-state index is 2.83. The molecule has 7 heteroatoms. The van der Waals surface area contributed by atoms with Crippen LogP contribution in [0.4, 0.5) is 22.7 Å². The monoisotopic (exact) mass is 1670 g/mol. The van der Waals surface area contributed by atoms with Crippen molar-refractivity contribution in [1.29, 1.82) is 0 Å². The van der Waals surface area contributed by atoms with E-state index in [4.69, 9.17) is 0 Å². The molecule has 1 atom stereocenters. The second-order valence-electron chi connectivity index (χ2n) is 41.7. The molecule has 0 N–H and O–H groups in total. The minimum atomic E-state index is -0.319. The molecule has 1 aliphatic carbocycles. The van der Waals surface area contributed by atoms with Crippen LogP contribution < -0.4 is 20.7 Å². The van der Waals surface area contributed by atoms with Crippen molar-refractivity contribution in [3.8, 4) is 61.6 Å². The van der Waals surface area contributed by atoms with E-state index in [1.807, 2.05) is 0 Å². The molecule has 6 nitrogen and oxygen atoms in total. The van der Waals surface area contributed by atoms with Crippen LogP contribution in [-0.2, 0) is 27.1 Å². The Morgan fingerprint density at radius 3 is 0.984 bits per heavy atom. The van der Waals surface area contributed by atoms with Crippen molar-refractivity contribution in [3.63, 3.8) is 0 Å². The van der Waals surface area contributed by atoms with Gasteiger partial charge in [0.2, 0.25) is 6.71 Å². The molecule has 129 heavy (non-hydrogen) atoms. The fourth-order valence-electron chi connectivity index (χ4n) is 21.7. The second kappa shape index (κ2) is 29.2. The quantitative estimate of drug-likeness (QED) is 0.128. The van der Waals surface area contributed by atoms with E-state index in [0.717, 1.165) is 89.9 Å². The van der Waals surface area contributed by atoms with E-state index in [1.54, 1.807) is 0 Å². The van der Waals surface area contributed by atoms with Crippen LogP contribution in [-0.4, -0.2) is 31.0 Å². The smallest absolute Gasteiger partial charge is 0.247 e. The third-order valence-electron chi connectivity index (χ3n) is 28.4. The van der Waals surface area contributed by atoms with Crippen molar-refractivity contribution in [2.45, 2.75) is 143 Å². The summed E-state index contributed by atoms with van der Waals surface area (Å²) in [7, 11) is 0. The topological polar surface area (TPSA) is 26.2 Å². The van der Waals surface area contributed by atoms with Gasteiger partial charge in [0.05, 0.1) is 55.9 Å². The summed E-state index contributed by atoms with van der Waals surface area (Å²) in [4.78, 5) is 5.64. The van der Waals surface area contributed by atoms with E-state index >= 15 is 0 Å². The molecule has 0 bridgehead atoms. The first kappa shape index (κ1) is 79.5. The van der Waals surface area contributed by atoms with Crippen LogP contribution in [0.15, 0.2) is 369 Å². The molecule has 628 valence electrons. The SMILES string of the molecule is CC(C)(C)c1cc(-c2ccccc2)c(N2C3=C4B(c5ccc(-n6c7ccc(C(C)(C)C)cc7c7cc(C(C)(C)C)ccc76)cc52)c2ccc(-n5c6ccccc6c6cc(-n7c8ccccc8c8ccccc87)ccc65)cc2N(c2cc(-c5ccccc5)cc(-c5ccccc5)c2)C4CC(n2c4ccc(C(C)(C)C)cc4c4cc(C(C)(C)C)ccc42)=C3)c(-c2ccccc2)c1. The van der Waals surface area contributed by atoms with Gasteiger partial charge in [0.1, 0.15) is 0 Å². The first-order chi connectivity index (χ1) is 62.1. The van der Waals surface area contributed by atoms with Gasteiger partial charge in [-0.2, -0.15) is 0 Å². The predicted octanol–water partition coefficient (Wildman–Crippen LogP) is 31.3. The average molecular weight is 1670 g/mol. The zero-order valence-electron chi connectivity index (χ0n) is 76.6. The fourth-order valence-corrected chi connectivity index (χ4v) is 21.7. The third kappa shape index (κ3) is 12.9. The van der Waals surface area contributed by atoms with Crippen molar-refractivity contribution >= 4 is 133 Å². The summed E-state index contributed by atoms with van der Waals surface area (Å²) in [5.41, 5.74) is 38.6. The van der Waals surface area contributed by atoms with E-state index in [9.17, 15) is 0 Å². The fraction of sp³-hybridized carbons (Fsp3) is 0.180. The van der Waals surface area contributed by atoms with Gasteiger partial charge < -0.3 is 28.1 Å². The number of aromatic nitrogens is 4. The molecular formula is C122H107BN6. The molecule has 0 saturated heterocycles. The van der Waals surface area contributed by atoms with Crippen molar-refractivity contribution < 1.29 is 0 Å². The number of hydrogen-bond donors (Lipinski definition) is 0. The molecule has 23 rings (SSSR count). The van der Waals surface area contributed by atoms with Gasteiger partial charge in [-0.15, -0.1) is 0 Å².